The number of aryl methyl sites for hydroxylation is 2. The van der Waals surface area contributed by atoms with Gasteiger partial charge in [0.2, 0.25) is 17.6 Å². The number of piperazine rings is 1. The average Bonchev–Trinajstić information content (AvgIpc) is 3.33. The topological polar surface area (TPSA) is 97.4 Å². The second kappa shape index (κ2) is 9.56. The minimum absolute atomic E-state index is 0.0417. The maximum Gasteiger partial charge on any atom is 0.261 e. The summed E-state index contributed by atoms with van der Waals surface area (Å²) in [4.78, 5) is 38.5. The highest BCUT2D eigenvalue weighted by atomic mass is 16.5. The van der Waals surface area contributed by atoms with Gasteiger partial charge in [-0.05, 0) is 18.6 Å². The number of fused-ring (bicyclic) bond motifs is 1. The molecule has 174 valence electrons. The molecule has 1 aliphatic rings. The van der Waals surface area contributed by atoms with E-state index in [1.54, 1.807) is 6.07 Å². The molecule has 4 aromatic rings. The number of benzene rings is 2. The molecule has 0 atom stereocenters. The van der Waals surface area contributed by atoms with Crippen molar-refractivity contribution in [2.45, 2.75) is 26.4 Å². The summed E-state index contributed by atoms with van der Waals surface area (Å²) in [6.45, 7) is 5.52. The molecule has 0 aliphatic carbocycles. The van der Waals surface area contributed by atoms with Crippen LogP contribution in [0.5, 0.6) is 0 Å². The summed E-state index contributed by atoms with van der Waals surface area (Å²) in [6.07, 6.45) is 1.81. The van der Waals surface area contributed by atoms with E-state index in [0.717, 1.165) is 24.2 Å². The first-order valence-corrected chi connectivity index (χ1v) is 11.4. The van der Waals surface area contributed by atoms with Gasteiger partial charge < -0.3 is 9.42 Å². The normalized spacial score (nSPS) is 14.6. The van der Waals surface area contributed by atoms with E-state index in [2.05, 4.69) is 20.0 Å². The van der Waals surface area contributed by atoms with E-state index in [-0.39, 0.29) is 17.9 Å². The van der Waals surface area contributed by atoms with Gasteiger partial charge in [0.05, 0.1) is 23.8 Å². The lowest BCUT2D eigenvalue weighted by atomic mass is 10.1. The molecule has 1 fully saturated rings. The standard InChI is InChI=1S/C25H26N6O3/c1-18-6-5-9-20-23(18)26-17-31(25(20)33)11-10-22(32)30-14-12-29(13-15-30)16-21-27-24(28-34-21)19-7-3-2-4-8-19/h2-9,17H,10-16H2,1H3. The van der Waals surface area contributed by atoms with Gasteiger partial charge in [0.25, 0.3) is 5.56 Å². The summed E-state index contributed by atoms with van der Waals surface area (Å²) in [7, 11) is 0. The number of nitrogens with zero attached hydrogens (tertiary/aromatic N) is 6. The molecule has 0 radical (unpaired) electrons. The molecule has 1 aliphatic heterocycles. The van der Waals surface area contributed by atoms with Crippen molar-refractivity contribution in [3.8, 4) is 11.4 Å². The first-order chi connectivity index (χ1) is 16.6. The van der Waals surface area contributed by atoms with Crippen LogP contribution in [0.25, 0.3) is 22.3 Å². The van der Waals surface area contributed by atoms with Gasteiger partial charge in [-0.2, -0.15) is 4.98 Å². The van der Waals surface area contributed by atoms with Crippen molar-refractivity contribution in [2.24, 2.45) is 0 Å². The van der Waals surface area contributed by atoms with Gasteiger partial charge >= 0.3 is 0 Å². The van der Waals surface area contributed by atoms with E-state index >= 15 is 0 Å². The summed E-state index contributed by atoms with van der Waals surface area (Å²) in [5, 5.41) is 4.65. The number of hydrogen-bond acceptors (Lipinski definition) is 7. The number of carbonyl (C=O) groups excluding carboxylic acids is 1. The van der Waals surface area contributed by atoms with Gasteiger partial charge in [-0.25, -0.2) is 4.98 Å². The fraction of sp³-hybridized carbons (Fsp3) is 0.320. The second-order valence-electron chi connectivity index (χ2n) is 8.50. The molecule has 34 heavy (non-hydrogen) atoms. The van der Waals surface area contributed by atoms with Crippen LogP contribution in [0.4, 0.5) is 0 Å². The third-order valence-corrected chi connectivity index (χ3v) is 6.21. The molecular formula is C25H26N6O3. The smallest absolute Gasteiger partial charge is 0.261 e. The van der Waals surface area contributed by atoms with Crippen LogP contribution in [0.2, 0.25) is 0 Å². The van der Waals surface area contributed by atoms with Crippen molar-refractivity contribution in [1.29, 1.82) is 0 Å². The molecule has 2 aromatic carbocycles. The van der Waals surface area contributed by atoms with Crippen LogP contribution in [0, 0.1) is 6.92 Å². The predicted molar refractivity (Wildman–Crippen MR) is 127 cm³/mol. The van der Waals surface area contributed by atoms with Crippen molar-refractivity contribution in [3.63, 3.8) is 0 Å². The first kappa shape index (κ1) is 22.0. The Hall–Kier alpha value is -3.85. The van der Waals surface area contributed by atoms with Gasteiger partial charge in [-0.1, -0.05) is 47.6 Å². The Bertz CT molecular complexity index is 1360. The number of carbonyl (C=O) groups is 1. The zero-order valence-electron chi connectivity index (χ0n) is 19.1. The zero-order chi connectivity index (χ0) is 23.5. The molecule has 3 heterocycles. The molecule has 0 N–H and O–H groups in total. The maximum absolute atomic E-state index is 12.8. The summed E-state index contributed by atoms with van der Waals surface area (Å²) in [6, 6.07) is 15.3. The zero-order valence-corrected chi connectivity index (χ0v) is 19.1. The number of para-hydroxylation sites is 1. The van der Waals surface area contributed by atoms with E-state index in [0.29, 0.717) is 48.8 Å². The van der Waals surface area contributed by atoms with Crippen molar-refractivity contribution in [2.75, 3.05) is 26.2 Å². The molecule has 1 amide bonds. The van der Waals surface area contributed by atoms with Gasteiger partial charge in [-0.15, -0.1) is 0 Å². The lowest BCUT2D eigenvalue weighted by molar-refractivity contribution is -0.133. The Kier molecular flexibility index (Phi) is 6.18. The molecule has 1 saturated heterocycles. The SMILES string of the molecule is Cc1cccc2c(=O)n(CCC(=O)N3CCN(Cc4nc(-c5ccccc5)no4)CC3)cnc12. The first-order valence-electron chi connectivity index (χ1n) is 11.4. The largest absolute Gasteiger partial charge is 0.340 e. The number of aromatic nitrogens is 4. The van der Waals surface area contributed by atoms with Gasteiger partial charge in [0, 0.05) is 44.7 Å². The summed E-state index contributed by atoms with van der Waals surface area (Å²) >= 11 is 0. The van der Waals surface area contributed by atoms with Crippen molar-refractivity contribution < 1.29 is 9.32 Å². The summed E-state index contributed by atoms with van der Waals surface area (Å²) < 4.78 is 6.93. The molecule has 0 saturated carbocycles. The van der Waals surface area contributed by atoms with Gasteiger partial charge in [0.15, 0.2) is 0 Å². The van der Waals surface area contributed by atoms with Crippen LogP contribution in [0.3, 0.4) is 0 Å². The minimum atomic E-state index is -0.110. The van der Waals surface area contributed by atoms with Crippen LogP contribution in [0.15, 0.2) is 64.2 Å². The quantitative estimate of drug-likeness (QED) is 0.438. The Morgan fingerprint density at radius 1 is 1.03 bits per heavy atom. The number of rotatable bonds is 6. The molecule has 9 heteroatoms. The summed E-state index contributed by atoms with van der Waals surface area (Å²) in [5.74, 6) is 1.19. The number of amides is 1. The van der Waals surface area contributed by atoms with Crippen molar-refractivity contribution in [1.82, 2.24) is 29.5 Å². The van der Waals surface area contributed by atoms with Crippen LogP contribution in [0.1, 0.15) is 17.9 Å². The molecule has 9 nitrogen and oxygen atoms in total. The van der Waals surface area contributed by atoms with Crippen LogP contribution >= 0.6 is 0 Å². The highest BCUT2D eigenvalue weighted by Gasteiger charge is 2.22. The summed E-state index contributed by atoms with van der Waals surface area (Å²) in [5.41, 5.74) is 2.49. The fourth-order valence-corrected chi connectivity index (χ4v) is 4.24. The van der Waals surface area contributed by atoms with Crippen LogP contribution < -0.4 is 5.56 Å². The fourth-order valence-electron chi connectivity index (χ4n) is 4.24. The monoisotopic (exact) mass is 458 g/mol. The Morgan fingerprint density at radius 3 is 2.62 bits per heavy atom. The lowest BCUT2D eigenvalue weighted by Crippen LogP contribution is -2.48. The minimum Gasteiger partial charge on any atom is -0.340 e. The number of hydrogen-bond donors (Lipinski definition) is 0. The van der Waals surface area contributed by atoms with E-state index in [9.17, 15) is 9.59 Å². The Morgan fingerprint density at radius 2 is 1.82 bits per heavy atom. The molecule has 0 bridgehead atoms. The van der Waals surface area contributed by atoms with E-state index < -0.39 is 0 Å². The predicted octanol–water partition coefficient (Wildman–Crippen LogP) is 2.49. The third-order valence-electron chi connectivity index (χ3n) is 6.21. The van der Waals surface area contributed by atoms with E-state index in [1.807, 2.05) is 54.3 Å². The molecule has 0 unspecified atom stereocenters. The van der Waals surface area contributed by atoms with Crippen LogP contribution in [-0.2, 0) is 17.9 Å². The van der Waals surface area contributed by atoms with Gasteiger partial charge in [-0.3, -0.25) is 19.1 Å². The van der Waals surface area contributed by atoms with E-state index in [1.165, 1.54) is 10.9 Å². The third kappa shape index (κ3) is 4.60. The average molecular weight is 459 g/mol. The lowest BCUT2D eigenvalue weighted by Gasteiger charge is -2.34. The van der Waals surface area contributed by atoms with E-state index in [4.69, 9.17) is 4.52 Å². The molecular weight excluding hydrogens is 432 g/mol. The van der Waals surface area contributed by atoms with Crippen molar-refractivity contribution >= 4 is 16.8 Å². The molecule has 2 aromatic heterocycles. The molecule has 0 spiro atoms. The Balaban J connectivity index is 1.13. The Labute approximate surface area is 196 Å². The van der Waals surface area contributed by atoms with Crippen LogP contribution in [-0.4, -0.2) is 61.6 Å². The highest BCUT2D eigenvalue weighted by Crippen LogP contribution is 2.16. The molecule has 5 rings (SSSR count). The van der Waals surface area contributed by atoms with Gasteiger partial charge in [0.1, 0.15) is 0 Å². The maximum atomic E-state index is 12.8. The van der Waals surface area contributed by atoms with Crippen molar-refractivity contribution in [3.05, 3.63) is 76.7 Å². The highest BCUT2D eigenvalue weighted by molar-refractivity contribution is 5.80. The second-order valence-corrected chi connectivity index (χ2v) is 8.50.